The number of carbonyl (C=O) groups is 2. The molecule has 1 atom stereocenters. The standard InChI is InChI=1S/C19H25ClN6O2/c1-12(2)15(21-16(27)13-6-8-14(20)9-7-13)17(28)22-18-23-19(25-24-18)26-10-4-3-5-11-26/h6-9,12,15H,3-5,10-11H2,1-2H3,(H,21,27)(H2,22,23,24,25,28). The maximum atomic E-state index is 12.7. The van der Waals surface area contributed by atoms with Gasteiger partial charge in [-0.2, -0.15) is 4.98 Å². The Morgan fingerprint density at radius 1 is 1.14 bits per heavy atom. The Hall–Kier alpha value is -2.61. The second kappa shape index (κ2) is 9.05. The maximum Gasteiger partial charge on any atom is 0.251 e. The SMILES string of the molecule is CC(C)C(NC(=O)c1ccc(Cl)cc1)C(=O)Nc1nc(N2CCCCC2)n[nH]1. The molecule has 0 aliphatic carbocycles. The molecule has 28 heavy (non-hydrogen) atoms. The highest BCUT2D eigenvalue weighted by molar-refractivity contribution is 6.30. The average Bonchev–Trinajstić information content (AvgIpc) is 3.15. The van der Waals surface area contributed by atoms with Crippen LogP contribution in [0.2, 0.25) is 5.02 Å². The monoisotopic (exact) mass is 404 g/mol. The highest BCUT2D eigenvalue weighted by Crippen LogP contribution is 2.17. The minimum atomic E-state index is -0.716. The van der Waals surface area contributed by atoms with E-state index < -0.39 is 6.04 Å². The molecule has 2 heterocycles. The van der Waals surface area contributed by atoms with E-state index in [9.17, 15) is 9.59 Å². The molecule has 3 rings (SSSR count). The Labute approximate surface area is 169 Å². The lowest BCUT2D eigenvalue weighted by Crippen LogP contribution is -2.47. The molecular formula is C19H25ClN6O2. The molecule has 1 fully saturated rings. The summed E-state index contributed by atoms with van der Waals surface area (Å²) in [6.07, 6.45) is 3.44. The van der Waals surface area contributed by atoms with Crippen molar-refractivity contribution in [2.75, 3.05) is 23.3 Å². The Kier molecular flexibility index (Phi) is 6.51. The molecule has 1 aliphatic rings. The number of nitrogens with one attached hydrogen (secondary N) is 3. The molecule has 0 saturated carbocycles. The number of benzene rings is 1. The molecule has 9 heteroatoms. The zero-order chi connectivity index (χ0) is 20.1. The van der Waals surface area contributed by atoms with Gasteiger partial charge in [-0.25, -0.2) is 5.10 Å². The van der Waals surface area contributed by atoms with Gasteiger partial charge in [0.2, 0.25) is 17.8 Å². The molecule has 2 amide bonds. The Morgan fingerprint density at radius 3 is 2.46 bits per heavy atom. The zero-order valence-electron chi connectivity index (χ0n) is 16.0. The minimum absolute atomic E-state index is 0.110. The fraction of sp³-hybridized carbons (Fsp3) is 0.474. The van der Waals surface area contributed by atoms with E-state index in [2.05, 4.69) is 30.7 Å². The number of piperidine rings is 1. The highest BCUT2D eigenvalue weighted by atomic mass is 35.5. The summed E-state index contributed by atoms with van der Waals surface area (Å²) in [7, 11) is 0. The third kappa shape index (κ3) is 5.01. The average molecular weight is 405 g/mol. The van der Waals surface area contributed by atoms with Crippen molar-refractivity contribution in [3.05, 3.63) is 34.9 Å². The molecule has 0 radical (unpaired) electrons. The van der Waals surface area contributed by atoms with Gasteiger partial charge in [-0.3, -0.25) is 14.9 Å². The number of hydrogen-bond acceptors (Lipinski definition) is 5. The van der Waals surface area contributed by atoms with Crippen molar-refractivity contribution >= 4 is 35.3 Å². The zero-order valence-corrected chi connectivity index (χ0v) is 16.8. The van der Waals surface area contributed by atoms with E-state index in [-0.39, 0.29) is 23.7 Å². The fourth-order valence-electron chi connectivity index (χ4n) is 3.10. The Balaban J connectivity index is 1.63. The molecular weight excluding hydrogens is 380 g/mol. The van der Waals surface area contributed by atoms with Crippen LogP contribution in [0.3, 0.4) is 0 Å². The normalized spacial score (nSPS) is 15.4. The summed E-state index contributed by atoms with van der Waals surface area (Å²) in [5.41, 5.74) is 0.440. The van der Waals surface area contributed by atoms with Crippen molar-refractivity contribution in [2.45, 2.75) is 39.2 Å². The second-order valence-electron chi connectivity index (χ2n) is 7.22. The lowest BCUT2D eigenvalue weighted by molar-refractivity contribution is -0.118. The van der Waals surface area contributed by atoms with Crippen molar-refractivity contribution in [3.8, 4) is 0 Å². The first kappa shape index (κ1) is 20.1. The van der Waals surface area contributed by atoms with E-state index in [4.69, 9.17) is 11.6 Å². The fourth-order valence-corrected chi connectivity index (χ4v) is 3.23. The molecule has 3 N–H and O–H groups in total. The van der Waals surface area contributed by atoms with E-state index in [1.165, 1.54) is 6.42 Å². The highest BCUT2D eigenvalue weighted by Gasteiger charge is 2.26. The van der Waals surface area contributed by atoms with E-state index >= 15 is 0 Å². The summed E-state index contributed by atoms with van der Waals surface area (Å²) in [5.74, 6) is 0.0646. The van der Waals surface area contributed by atoms with Crippen molar-refractivity contribution < 1.29 is 9.59 Å². The number of H-pyrrole nitrogens is 1. The predicted molar refractivity (Wildman–Crippen MR) is 109 cm³/mol. The van der Waals surface area contributed by atoms with Crippen molar-refractivity contribution in [1.29, 1.82) is 0 Å². The quantitative estimate of drug-likeness (QED) is 0.686. The van der Waals surface area contributed by atoms with Gasteiger partial charge in [-0.05, 0) is 49.4 Å². The van der Waals surface area contributed by atoms with Crippen LogP contribution in [0.4, 0.5) is 11.9 Å². The van der Waals surface area contributed by atoms with Crippen molar-refractivity contribution in [2.24, 2.45) is 5.92 Å². The number of amides is 2. The third-order valence-corrected chi connectivity index (χ3v) is 4.95. The molecule has 1 aromatic carbocycles. The summed E-state index contributed by atoms with van der Waals surface area (Å²) in [6, 6.07) is 5.80. The van der Waals surface area contributed by atoms with Crippen molar-refractivity contribution in [1.82, 2.24) is 20.5 Å². The van der Waals surface area contributed by atoms with Gasteiger partial charge in [0, 0.05) is 23.7 Å². The summed E-state index contributed by atoms with van der Waals surface area (Å²) in [4.78, 5) is 31.6. The molecule has 1 aliphatic heterocycles. The van der Waals surface area contributed by atoms with Gasteiger partial charge in [0.15, 0.2) is 0 Å². The van der Waals surface area contributed by atoms with Crippen LogP contribution in [0.25, 0.3) is 0 Å². The van der Waals surface area contributed by atoms with Gasteiger partial charge in [-0.15, -0.1) is 5.10 Å². The number of hydrogen-bond donors (Lipinski definition) is 3. The van der Waals surface area contributed by atoms with Crippen LogP contribution in [0.15, 0.2) is 24.3 Å². The van der Waals surface area contributed by atoms with Crippen LogP contribution in [0, 0.1) is 5.92 Å². The van der Waals surface area contributed by atoms with Gasteiger partial charge in [0.05, 0.1) is 0 Å². The van der Waals surface area contributed by atoms with Crippen molar-refractivity contribution in [3.63, 3.8) is 0 Å². The second-order valence-corrected chi connectivity index (χ2v) is 7.66. The molecule has 8 nitrogen and oxygen atoms in total. The molecule has 1 unspecified atom stereocenters. The summed E-state index contributed by atoms with van der Waals surface area (Å²) >= 11 is 5.86. The molecule has 2 aromatic rings. The summed E-state index contributed by atoms with van der Waals surface area (Å²) in [5, 5.41) is 13.0. The van der Waals surface area contributed by atoms with Gasteiger partial charge in [0.25, 0.3) is 5.91 Å². The first-order valence-electron chi connectivity index (χ1n) is 9.48. The van der Waals surface area contributed by atoms with E-state index in [1.54, 1.807) is 24.3 Å². The number of carbonyl (C=O) groups excluding carboxylic acids is 2. The number of anilines is 2. The third-order valence-electron chi connectivity index (χ3n) is 4.70. The van der Waals surface area contributed by atoms with Gasteiger partial charge in [0.1, 0.15) is 6.04 Å². The van der Waals surface area contributed by atoms with Crippen LogP contribution in [-0.2, 0) is 4.79 Å². The van der Waals surface area contributed by atoms with E-state index in [0.29, 0.717) is 16.5 Å². The molecule has 0 spiro atoms. The van der Waals surface area contributed by atoms with E-state index in [1.807, 2.05) is 13.8 Å². The number of halogens is 1. The van der Waals surface area contributed by atoms with Crippen LogP contribution in [0.1, 0.15) is 43.5 Å². The summed E-state index contributed by atoms with van der Waals surface area (Å²) in [6.45, 7) is 5.56. The minimum Gasteiger partial charge on any atom is -0.340 e. The Bertz CT molecular complexity index is 814. The molecule has 1 saturated heterocycles. The van der Waals surface area contributed by atoms with Crippen LogP contribution < -0.4 is 15.5 Å². The topological polar surface area (TPSA) is 103 Å². The first-order valence-corrected chi connectivity index (χ1v) is 9.86. The lowest BCUT2D eigenvalue weighted by atomic mass is 10.0. The van der Waals surface area contributed by atoms with Gasteiger partial charge in [-0.1, -0.05) is 25.4 Å². The number of nitrogens with zero attached hydrogens (tertiary/aromatic N) is 3. The maximum absolute atomic E-state index is 12.7. The molecule has 150 valence electrons. The van der Waals surface area contributed by atoms with Crippen LogP contribution in [0.5, 0.6) is 0 Å². The Morgan fingerprint density at radius 2 is 1.82 bits per heavy atom. The van der Waals surface area contributed by atoms with Crippen LogP contribution in [-0.4, -0.2) is 46.1 Å². The number of rotatable bonds is 6. The van der Waals surface area contributed by atoms with Gasteiger partial charge >= 0.3 is 0 Å². The number of aromatic amines is 1. The van der Waals surface area contributed by atoms with E-state index in [0.717, 1.165) is 25.9 Å². The molecule has 1 aromatic heterocycles. The smallest absolute Gasteiger partial charge is 0.251 e. The lowest BCUT2D eigenvalue weighted by Gasteiger charge is -2.24. The summed E-state index contributed by atoms with van der Waals surface area (Å²) < 4.78 is 0. The first-order chi connectivity index (χ1) is 13.4. The largest absolute Gasteiger partial charge is 0.340 e. The molecule has 0 bridgehead atoms. The van der Waals surface area contributed by atoms with Gasteiger partial charge < -0.3 is 10.2 Å². The van der Waals surface area contributed by atoms with Crippen LogP contribution >= 0.6 is 11.6 Å². The predicted octanol–water partition coefficient (Wildman–Crippen LogP) is 2.84. The number of aromatic nitrogens is 3.